The summed E-state index contributed by atoms with van der Waals surface area (Å²) in [5.74, 6) is 0.648. The molecule has 0 bridgehead atoms. The summed E-state index contributed by atoms with van der Waals surface area (Å²) in [5.41, 5.74) is 6.93. The van der Waals surface area contributed by atoms with Crippen LogP contribution in [0.25, 0.3) is 0 Å². The summed E-state index contributed by atoms with van der Waals surface area (Å²) in [6, 6.07) is 19.7. The fourth-order valence-electron chi connectivity index (χ4n) is 5.15. The Balaban J connectivity index is 1.66. The minimum Gasteiger partial charge on any atom is -0.344 e. The highest BCUT2D eigenvalue weighted by Gasteiger charge is 2.40. The third-order valence-electron chi connectivity index (χ3n) is 7.17. The lowest BCUT2D eigenvalue weighted by Crippen LogP contribution is -2.52. The van der Waals surface area contributed by atoms with E-state index in [4.69, 9.17) is 0 Å². The van der Waals surface area contributed by atoms with Gasteiger partial charge in [0.25, 0.3) is 0 Å². The number of guanidine groups is 1. The highest BCUT2D eigenvalue weighted by molar-refractivity contribution is 5.81. The van der Waals surface area contributed by atoms with E-state index in [0.29, 0.717) is 12.5 Å². The normalized spacial score (nSPS) is 17.9. The number of piperidine rings is 1. The van der Waals surface area contributed by atoms with Gasteiger partial charge in [-0.25, -0.2) is 4.99 Å². The van der Waals surface area contributed by atoms with Crippen LogP contribution >= 0.6 is 0 Å². The fraction of sp³-hybridized carbons (Fsp3) is 0.357. The first-order chi connectivity index (χ1) is 16.1. The Morgan fingerprint density at radius 3 is 2.52 bits per heavy atom. The zero-order valence-corrected chi connectivity index (χ0v) is 19.7. The van der Waals surface area contributed by atoms with Crippen molar-refractivity contribution < 1.29 is 0 Å². The topological polar surface area (TPSA) is 54.7 Å². The fourth-order valence-corrected chi connectivity index (χ4v) is 5.15. The van der Waals surface area contributed by atoms with Gasteiger partial charge in [0.1, 0.15) is 0 Å². The van der Waals surface area contributed by atoms with E-state index in [1.807, 2.05) is 6.19 Å². The van der Waals surface area contributed by atoms with Crippen LogP contribution in [0.3, 0.4) is 0 Å². The molecule has 170 valence electrons. The minimum atomic E-state index is 0.0138. The number of anilines is 1. The van der Waals surface area contributed by atoms with Crippen molar-refractivity contribution in [1.82, 2.24) is 10.2 Å². The molecule has 2 aromatic rings. The summed E-state index contributed by atoms with van der Waals surface area (Å²) in [5, 5.41) is 12.0. The van der Waals surface area contributed by atoms with Crippen molar-refractivity contribution in [3.8, 4) is 6.19 Å². The van der Waals surface area contributed by atoms with E-state index < -0.39 is 0 Å². The summed E-state index contributed by atoms with van der Waals surface area (Å²) in [6.45, 7) is 11.4. The molecule has 0 atom stereocenters. The number of benzene rings is 2. The highest BCUT2D eigenvalue weighted by Crippen LogP contribution is 2.41. The summed E-state index contributed by atoms with van der Waals surface area (Å²) in [7, 11) is 0. The van der Waals surface area contributed by atoms with E-state index >= 15 is 0 Å². The molecule has 2 heterocycles. The predicted octanol–water partition coefficient (Wildman–Crippen LogP) is 4.99. The first kappa shape index (κ1) is 22.7. The molecular weight excluding hydrogens is 406 g/mol. The molecular formula is C28H33N5. The van der Waals surface area contributed by atoms with Gasteiger partial charge in [0.05, 0.1) is 6.54 Å². The molecule has 5 nitrogen and oxygen atoms in total. The number of nitrogens with one attached hydrogen (secondary N) is 1. The molecule has 33 heavy (non-hydrogen) atoms. The van der Waals surface area contributed by atoms with Crippen LogP contribution in [-0.2, 0) is 11.8 Å². The number of aliphatic imine (C=N–C) groups is 1. The van der Waals surface area contributed by atoms with Crippen molar-refractivity contribution >= 4 is 11.6 Å². The first-order valence-corrected chi connectivity index (χ1v) is 11.7. The van der Waals surface area contributed by atoms with Gasteiger partial charge < -0.3 is 9.80 Å². The monoisotopic (exact) mass is 439 g/mol. The lowest BCUT2D eigenvalue weighted by molar-refractivity contribution is 0.225. The zero-order valence-electron chi connectivity index (χ0n) is 19.7. The van der Waals surface area contributed by atoms with Gasteiger partial charge in [0.2, 0.25) is 5.96 Å². The maximum atomic E-state index is 9.20. The summed E-state index contributed by atoms with van der Waals surface area (Å²) in [6.07, 6.45) is 6.79. The van der Waals surface area contributed by atoms with Crippen molar-refractivity contribution in [2.45, 2.75) is 38.5 Å². The molecule has 0 aromatic heterocycles. The van der Waals surface area contributed by atoms with E-state index in [0.717, 1.165) is 38.9 Å². The summed E-state index contributed by atoms with van der Waals surface area (Å²) >= 11 is 0. The van der Waals surface area contributed by atoms with Crippen LogP contribution < -0.4 is 10.2 Å². The van der Waals surface area contributed by atoms with Gasteiger partial charge in [0, 0.05) is 36.4 Å². The number of likely N-dealkylation sites (tertiary alicyclic amines) is 1. The molecule has 0 aliphatic carbocycles. The predicted molar refractivity (Wildman–Crippen MR) is 136 cm³/mol. The van der Waals surface area contributed by atoms with Crippen molar-refractivity contribution in [1.29, 1.82) is 5.26 Å². The third-order valence-corrected chi connectivity index (χ3v) is 7.17. The molecule has 1 saturated heterocycles. The number of fused-ring (bicyclic) bond motifs is 1. The Bertz CT molecular complexity index is 1080. The number of hydrogen-bond acceptors (Lipinski definition) is 3. The molecule has 1 fully saturated rings. The minimum absolute atomic E-state index is 0.0138. The lowest BCUT2D eigenvalue weighted by atomic mass is 9.72. The maximum Gasteiger partial charge on any atom is 0.207 e. The molecule has 5 heteroatoms. The molecule has 1 N–H and O–H groups in total. The first-order valence-electron chi connectivity index (χ1n) is 11.7. The lowest BCUT2D eigenvalue weighted by Gasteiger charge is -2.47. The van der Waals surface area contributed by atoms with Crippen molar-refractivity contribution in [3.05, 3.63) is 89.6 Å². The second-order valence-electron chi connectivity index (χ2n) is 9.08. The molecule has 2 aliphatic heterocycles. The molecule has 2 aromatic carbocycles. The standard InChI is InChI=1S/C28H33N5/c1-4-16-30-27(31-21-29)32-17-14-28(15-18-32,25-11-6-5-7-12-25)20-33-23(3)22(2)19-24-10-8-9-13-26(24)33/h4-13H,1,14-20H2,2-3H3,(H,30,31). The Morgan fingerprint density at radius 1 is 1.12 bits per heavy atom. The second-order valence-corrected chi connectivity index (χ2v) is 9.08. The quantitative estimate of drug-likeness (QED) is 0.234. The molecule has 0 unspecified atom stereocenters. The molecule has 0 saturated carbocycles. The average molecular weight is 440 g/mol. The van der Waals surface area contributed by atoms with Crippen molar-refractivity contribution in [2.75, 3.05) is 31.1 Å². The molecule has 2 aliphatic rings. The van der Waals surface area contributed by atoms with E-state index in [-0.39, 0.29) is 5.41 Å². The number of hydrogen-bond donors (Lipinski definition) is 1. The van der Waals surface area contributed by atoms with E-state index in [9.17, 15) is 5.26 Å². The molecule has 0 radical (unpaired) electrons. The third kappa shape index (κ3) is 4.66. The molecule has 0 spiro atoms. The van der Waals surface area contributed by atoms with Crippen LogP contribution in [0, 0.1) is 11.5 Å². The number of allylic oxidation sites excluding steroid dienone is 2. The van der Waals surface area contributed by atoms with Crippen LogP contribution in [0.15, 0.2) is 83.5 Å². The number of para-hydroxylation sites is 1. The maximum absolute atomic E-state index is 9.20. The van der Waals surface area contributed by atoms with Crippen molar-refractivity contribution in [2.24, 2.45) is 4.99 Å². The Morgan fingerprint density at radius 2 is 1.82 bits per heavy atom. The second kappa shape index (κ2) is 9.95. The van der Waals surface area contributed by atoms with Crippen LogP contribution in [0.5, 0.6) is 0 Å². The van der Waals surface area contributed by atoms with Gasteiger partial charge in [-0.15, -0.1) is 6.58 Å². The van der Waals surface area contributed by atoms with Gasteiger partial charge in [-0.05, 0) is 55.9 Å². The van der Waals surface area contributed by atoms with Gasteiger partial charge in [-0.2, -0.15) is 5.26 Å². The molecule has 4 rings (SSSR count). The van der Waals surface area contributed by atoms with Gasteiger partial charge in [-0.3, -0.25) is 5.32 Å². The summed E-state index contributed by atoms with van der Waals surface area (Å²) in [4.78, 5) is 9.26. The average Bonchev–Trinajstić information content (AvgIpc) is 2.85. The number of nitriles is 1. The highest BCUT2D eigenvalue weighted by atomic mass is 15.3. The number of rotatable bonds is 5. The zero-order chi connectivity index (χ0) is 23.3. The number of nitrogens with zero attached hydrogens (tertiary/aromatic N) is 4. The smallest absolute Gasteiger partial charge is 0.207 e. The Labute approximate surface area is 197 Å². The Hall–Kier alpha value is -3.52. The van der Waals surface area contributed by atoms with Crippen LogP contribution in [0.1, 0.15) is 37.8 Å². The van der Waals surface area contributed by atoms with Crippen LogP contribution in [-0.4, -0.2) is 37.0 Å². The van der Waals surface area contributed by atoms with E-state index in [1.165, 1.54) is 28.1 Å². The summed E-state index contributed by atoms with van der Waals surface area (Å²) < 4.78 is 0. The Kier molecular flexibility index (Phi) is 6.84. The van der Waals surface area contributed by atoms with E-state index in [1.54, 1.807) is 6.08 Å². The van der Waals surface area contributed by atoms with Crippen LogP contribution in [0.2, 0.25) is 0 Å². The van der Waals surface area contributed by atoms with Gasteiger partial charge in [0.15, 0.2) is 6.19 Å². The van der Waals surface area contributed by atoms with Crippen LogP contribution in [0.4, 0.5) is 5.69 Å². The largest absolute Gasteiger partial charge is 0.344 e. The van der Waals surface area contributed by atoms with Gasteiger partial charge >= 0.3 is 0 Å². The SMILES string of the molecule is C=CCN=C(NC#N)N1CCC(CN2C(C)=C(C)Cc3ccccc32)(c2ccccc2)CC1. The van der Waals surface area contributed by atoms with Crippen molar-refractivity contribution in [3.63, 3.8) is 0 Å². The van der Waals surface area contributed by atoms with E-state index in [2.05, 4.69) is 95.1 Å². The molecule has 0 amide bonds. The van der Waals surface area contributed by atoms with Gasteiger partial charge in [-0.1, -0.05) is 54.6 Å².